The third-order valence-electron chi connectivity index (χ3n) is 4.45. The molecule has 5 nitrogen and oxygen atoms in total. The molecule has 1 aromatic rings. The highest BCUT2D eigenvalue weighted by Crippen LogP contribution is 2.12. The SMILES string of the molecule is Cc1ccc(C)c(CNCCN2CCN(C(=O)OC(C)(C)C)CC2)c1. The van der Waals surface area contributed by atoms with E-state index >= 15 is 0 Å². The molecule has 1 aliphatic rings. The van der Waals surface area contributed by atoms with Crippen LogP contribution in [0, 0.1) is 13.8 Å². The van der Waals surface area contributed by atoms with E-state index in [1.165, 1.54) is 16.7 Å². The predicted octanol–water partition coefficient (Wildman–Crippen LogP) is 2.95. The van der Waals surface area contributed by atoms with Gasteiger partial charge in [0.05, 0.1) is 0 Å². The molecule has 0 bridgehead atoms. The van der Waals surface area contributed by atoms with Crippen LogP contribution in [-0.4, -0.2) is 60.8 Å². The molecular weight excluding hydrogens is 314 g/mol. The fourth-order valence-corrected chi connectivity index (χ4v) is 2.93. The molecule has 2 rings (SSSR count). The fourth-order valence-electron chi connectivity index (χ4n) is 2.93. The second-order valence-corrected chi connectivity index (χ2v) is 7.92. The highest BCUT2D eigenvalue weighted by Gasteiger charge is 2.25. The number of carbonyl (C=O) groups excluding carboxylic acids is 1. The van der Waals surface area contributed by atoms with Crippen molar-refractivity contribution in [1.82, 2.24) is 15.1 Å². The fraction of sp³-hybridized carbons (Fsp3) is 0.650. The van der Waals surface area contributed by atoms with Crippen molar-refractivity contribution in [3.8, 4) is 0 Å². The van der Waals surface area contributed by atoms with Gasteiger partial charge in [-0.05, 0) is 45.7 Å². The quantitative estimate of drug-likeness (QED) is 0.832. The van der Waals surface area contributed by atoms with Crippen molar-refractivity contribution in [1.29, 1.82) is 0 Å². The van der Waals surface area contributed by atoms with E-state index in [2.05, 4.69) is 42.3 Å². The van der Waals surface area contributed by atoms with Gasteiger partial charge in [-0.25, -0.2) is 4.79 Å². The van der Waals surface area contributed by atoms with E-state index in [4.69, 9.17) is 4.74 Å². The topological polar surface area (TPSA) is 44.8 Å². The Kier molecular flexibility index (Phi) is 6.85. The molecule has 0 spiro atoms. The summed E-state index contributed by atoms with van der Waals surface area (Å²) in [6, 6.07) is 6.59. The molecular formula is C20H33N3O2. The summed E-state index contributed by atoms with van der Waals surface area (Å²) >= 11 is 0. The highest BCUT2D eigenvalue weighted by molar-refractivity contribution is 5.68. The molecule has 5 heteroatoms. The van der Waals surface area contributed by atoms with E-state index in [1.54, 1.807) is 0 Å². The zero-order valence-electron chi connectivity index (χ0n) is 16.4. The first-order chi connectivity index (χ1) is 11.7. The molecule has 1 N–H and O–H groups in total. The normalized spacial score (nSPS) is 16.1. The van der Waals surface area contributed by atoms with E-state index in [0.29, 0.717) is 0 Å². The van der Waals surface area contributed by atoms with E-state index in [-0.39, 0.29) is 6.09 Å². The minimum absolute atomic E-state index is 0.194. The molecule has 1 amide bonds. The Hall–Kier alpha value is -1.59. The molecule has 0 aliphatic carbocycles. The molecule has 1 saturated heterocycles. The van der Waals surface area contributed by atoms with Gasteiger partial charge in [-0.3, -0.25) is 4.90 Å². The Balaban J connectivity index is 1.65. The molecule has 1 aliphatic heterocycles. The molecule has 1 fully saturated rings. The summed E-state index contributed by atoms with van der Waals surface area (Å²) in [6.45, 7) is 16.2. The number of ether oxygens (including phenoxy) is 1. The van der Waals surface area contributed by atoms with Gasteiger partial charge in [-0.15, -0.1) is 0 Å². The summed E-state index contributed by atoms with van der Waals surface area (Å²) in [5, 5.41) is 3.54. The van der Waals surface area contributed by atoms with Gasteiger partial charge in [-0.2, -0.15) is 0 Å². The lowest BCUT2D eigenvalue weighted by Gasteiger charge is -2.35. The van der Waals surface area contributed by atoms with Gasteiger partial charge in [0, 0.05) is 45.8 Å². The summed E-state index contributed by atoms with van der Waals surface area (Å²) < 4.78 is 5.44. The second-order valence-electron chi connectivity index (χ2n) is 7.92. The van der Waals surface area contributed by atoms with Gasteiger partial charge < -0.3 is 15.0 Å². The number of rotatable bonds is 5. The average molecular weight is 348 g/mol. The number of carbonyl (C=O) groups is 1. The number of hydrogen-bond acceptors (Lipinski definition) is 4. The van der Waals surface area contributed by atoms with Crippen molar-refractivity contribution in [2.45, 2.75) is 46.8 Å². The van der Waals surface area contributed by atoms with Crippen LogP contribution in [0.3, 0.4) is 0 Å². The molecule has 25 heavy (non-hydrogen) atoms. The van der Waals surface area contributed by atoms with E-state index < -0.39 is 5.60 Å². The van der Waals surface area contributed by atoms with Crippen LogP contribution in [-0.2, 0) is 11.3 Å². The Morgan fingerprint density at radius 3 is 2.48 bits per heavy atom. The molecule has 0 saturated carbocycles. The van der Waals surface area contributed by atoms with Crippen molar-refractivity contribution < 1.29 is 9.53 Å². The molecule has 140 valence electrons. The van der Waals surface area contributed by atoms with Crippen molar-refractivity contribution in [2.75, 3.05) is 39.3 Å². The summed E-state index contributed by atoms with van der Waals surface area (Å²) in [6.07, 6.45) is -0.194. The smallest absolute Gasteiger partial charge is 0.410 e. The van der Waals surface area contributed by atoms with Gasteiger partial charge >= 0.3 is 6.09 Å². The number of nitrogens with one attached hydrogen (secondary N) is 1. The lowest BCUT2D eigenvalue weighted by atomic mass is 10.1. The van der Waals surface area contributed by atoms with Gasteiger partial charge in [0.2, 0.25) is 0 Å². The monoisotopic (exact) mass is 347 g/mol. The molecule has 0 atom stereocenters. The summed E-state index contributed by atoms with van der Waals surface area (Å²) in [4.78, 5) is 16.3. The van der Waals surface area contributed by atoms with Gasteiger partial charge in [0.1, 0.15) is 5.60 Å². The largest absolute Gasteiger partial charge is 0.444 e. The number of amides is 1. The summed E-state index contributed by atoms with van der Waals surface area (Å²) in [5.74, 6) is 0. The maximum absolute atomic E-state index is 12.1. The van der Waals surface area contributed by atoms with Crippen LogP contribution in [0.15, 0.2) is 18.2 Å². The molecule has 0 aromatic heterocycles. The predicted molar refractivity (Wildman–Crippen MR) is 102 cm³/mol. The first-order valence-electron chi connectivity index (χ1n) is 9.22. The molecule has 1 aromatic carbocycles. The van der Waals surface area contributed by atoms with Gasteiger partial charge in [0.25, 0.3) is 0 Å². The Labute approximate surface area is 152 Å². The zero-order chi connectivity index (χ0) is 18.4. The third kappa shape index (κ3) is 6.67. The number of piperazine rings is 1. The van der Waals surface area contributed by atoms with Crippen LogP contribution < -0.4 is 5.32 Å². The van der Waals surface area contributed by atoms with Gasteiger partial charge in [0.15, 0.2) is 0 Å². The van der Waals surface area contributed by atoms with Crippen LogP contribution in [0.2, 0.25) is 0 Å². The zero-order valence-corrected chi connectivity index (χ0v) is 16.4. The molecule has 1 heterocycles. The second kappa shape index (κ2) is 8.68. The van der Waals surface area contributed by atoms with E-state index in [9.17, 15) is 4.79 Å². The summed E-state index contributed by atoms with van der Waals surface area (Å²) in [7, 11) is 0. The lowest BCUT2D eigenvalue weighted by molar-refractivity contribution is 0.0146. The molecule has 0 unspecified atom stereocenters. The maximum Gasteiger partial charge on any atom is 0.410 e. The van der Waals surface area contributed by atoms with Gasteiger partial charge in [-0.1, -0.05) is 23.8 Å². The number of nitrogens with zero attached hydrogens (tertiary/aromatic N) is 2. The number of aryl methyl sites for hydroxylation is 2. The van der Waals surface area contributed by atoms with E-state index in [1.807, 2.05) is 25.7 Å². The highest BCUT2D eigenvalue weighted by atomic mass is 16.6. The summed E-state index contributed by atoms with van der Waals surface area (Å²) in [5.41, 5.74) is 3.59. The number of hydrogen-bond donors (Lipinski definition) is 1. The third-order valence-corrected chi connectivity index (χ3v) is 4.45. The standard InChI is InChI=1S/C20H33N3O2/c1-16-6-7-17(2)18(14-16)15-21-8-9-22-10-12-23(13-11-22)19(24)25-20(3,4)5/h6-7,14,21H,8-13,15H2,1-5H3. The number of benzene rings is 1. The molecule has 0 radical (unpaired) electrons. The van der Waals surface area contributed by atoms with Crippen LogP contribution in [0.5, 0.6) is 0 Å². The first-order valence-corrected chi connectivity index (χ1v) is 9.22. The minimum atomic E-state index is -0.425. The van der Waals surface area contributed by atoms with Crippen molar-refractivity contribution in [2.24, 2.45) is 0 Å². The average Bonchev–Trinajstić information content (AvgIpc) is 2.53. The van der Waals surface area contributed by atoms with Crippen molar-refractivity contribution in [3.63, 3.8) is 0 Å². The Morgan fingerprint density at radius 2 is 1.84 bits per heavy atom. The van der Waals surface area contributed by atoms with E-state index in [0.717, 1.165) is 45.8 Å². The van der Waals surface area contributed by atoms with Crippen molar-refractivity contribution >= 4 is 6.09 Å². The first kappa shape index (κ1) is 19.7. The van der Waals surface area contributed by atoms with Crippen molar-refractivity contribution in [3.05, 3.63) is 34.9 Å². The lowest BCUT2D eigenvalue weighted by Crippen LogP contribution is -2.51. The van der Waals surface area contributed by atoms with Crippen LogP contribution in [0.1, 0.15) is 37.5 Å². The maximum atomic E-state index is 12.1. The Morgan fingerprint density at radius 1 is 1.16 bits per heavy atom. The van der Waals surface area contributed by atoms with Crippen LogP contribution in [0.25, 0.3) is 0 Å². The van der Waals surface area contributed by atoms with Crippen LogP contribution in [0.4, 0.5) is 4.79 Å². The Bertz CT molecular complexity index is 573. The van der Waals surface area contributed by atoms with Crippen LogP contribution >= 0.6 is 0 Å². The minimum Gasteiger partial charge on any atom is -0.444 e.